The average molecular weight is 334 g/mol. The van der Waals surface area contributed by atoms with E-state index >= 15 is 4.39 Å². The van der Waals surface area contributed by atoms with E-state index in [9.17, 15) is 23.5 Å². The highest BCUT2D eigenvalue weighted by Crippen LogP contribution is 2.42. The number of hydrogen-bond donors (Lipinski definition) is 3. The number of nitrogens with one attached hydrogen (secondary N) is 1. The molecule has 1 aromatic rings. The fraction of sp³-hybridized carbons (Fsp3) is 0.462. The van der Waals surface area contributed by atoms with Crippen molar-refractivity contribution < 1.29 is 28.1 Å². The Morgan fingerprint density at radius 3 is 2.78 bits per heavy atom. The zero-order valence-corrected chi connectivity index (χ0v) is 11.8. The number of alkyl halides is 1. The first-order valence-corrected chi connectivity index (χ1v) is 6.45. The van der Waals surface area contributed by atoms with E-state index in [4.69, 9.17) is 9.84 Å². The third-order valence-corrected chi connectivity index (χ3v) is 3.47. The summed E-state index contributed by atoms with van der Waals surface area (Å²) in [5.74, 6) is 0. The van der Waals surface area contributed by atoms with Gasteiger partial charge in [0.25, 0.3) is 5.56 Å². The van der Waals surface area contributed by atoms with Crippen LogP contribution >= 0.6 is 0 Å². The minimum absolute atomic E-state index is 0.0358. The lowest BCUT2D eigenvalue weighted by Gasteiger charge is -2.25. The highest BCUT2D eigenvalue weighted by molar-refractivity contribution is 5.15. The van der Waals surface area contributed by atoms with Crippen LogP contribution in [0.25, 0.3) is 0 Å². The van der Waals surface area contributed by atoms with Crippen LogP contribution in [-0.4, -0.2) is 44.2 Å². The summed E-state index contributed by atoms with van der Waals surface area (Å²) in [5.41, 5.74) is -3.38. The molecule has 0 bridgehead atoms. The molecule has 3 N–H and O–H groups in total. The molecule has 0 saturated carbocycles. The predicted octanol–water partition coefficient (Wildman–Crippen LogP) is -0.261. The van der Waals surface area contributed by atoms with Gasteiger partial charge in [0, 0.05) is 17.8 Å². The number of hydrogen-bond acceptors (Lipinski definition) is 5. The maximum atomic E-state index is 15.1. The molecule has 1 aromatic heterocycles. The molecule has 4 atom stereocenters. The highest BCUT2D eigenvalue weighted by Gasteiger charge is 2.57. The summed E-state index contributed by atoms with van der Waals surface area (Å²) < 4.78 is 45.2. The van der Waals surface area contributed by atoms with Crippen LogP contribution in [0.2, 0.25) is 0 Å². The molecule has 0 amide bonds. The minimum atomic E-state index is -2.97. The highest BCUT2D eigenvalue weighted by atomic mass is 19.3. The smallest absolute Gasteiger partial charge is 0.330 e. The van der Waals surface area contributed by atoms with Gasteiger partial charge in [-0.2, -0.15) is 8.78 Å². The summed E-state index contributed by atoms with van der Waals surface area (Å²) in [6, 6.07) is 0. The topological polar surface area (TPSA) is 105 Å². The van der Waals surface area contributed by atoms with E-state index in [1.807, 2.05) is 4.98 Å². The van der Waals surface area contributed by atoms with Crippen LogP contribution in [0.15, 0.2) is 33.7 Å². The Labute approximate surface area is 127 Å². The van der Waals surface area contributed by atoms with E-state index in [1.54, 1.807) is 0 Å². The van der Waals surface area contributed by atoms with Gasteiger partial charge >= 0.3 is 11.8 Å². The van der Waals surface area contributed by atoms with Crippen LogP contribution in [0.3, 0.4) is 0 Å². The third-order valence-electron chi connectivity index (χ3n) is 3.47. The Balaban J connectivity index is 2.63. The second kappa shape index (κ2) is 6.17. The second-order valence-corrected chi connectivity index (χ2v) is 5.01. The summed E-state index contributed by atoms with van der Waals surface area (Å²) in [6.07, 6.45) is -6.49. The van der Waals surface area contributed by atoms with Gasteiger partial charge in [-0.05, 0) is 6.92 Å². The lowest BCUT2D eigenvalue weighted by Crippen LogP contribution is -2.44. The van der Waals surface area contributed by atoms with Gasteiger partial charge in [0.2, 0.25) is 5.67 Å². The zero-order chi connectivity index (χ0) is 17.4. The number of halogens is 3. The lowest BCUT2D eigenvalue weighted by molar-refractivity contribution is -0.0556. The molecule has 7 nitrogen and oxygen atoms in total. The number of aliphatic hydroxyl groups is 2. The molecule has 1 aliphatic rings. The van der Waals surface area contributed by atoms with Crippen LogP contribution < -0.4 is 11.2 Å². The second-order valence-electron chi connectivity index (χ2n) is 5.01. The van der Waals surface area contributed by atoms with Gasteiger partial charge < -0.3 is 14.9 Å². The molecule has 1 saturated heterocycles. The van der Waals surface area contributed by atoms with Crippen LogP contribution in [0, 0.1) is 6.92 Å². The quantitative estimate of drug-likeness (QED) is 0.661. The number of rotatable bonds is 3. The van der Waals surface area contributed by atoms with Crippen molar-refractivity contribution in [2.24, 2.45) is 0 Å². The number of H-pyrrole nitrogens is 1. The van der Waals surface area contributed by atoms with Gasteiger partial charge in [-0.15, -0.1) is 0 Å². The molecule has 0 aliphatic carbocycles. The minimum Gasteiger partial charge on any atom is -0.394 e. The summed E-state index contributed by atoms with van der Waals surface area (Å²) in [4.78, 5) is 25.1. The summed E-state index contributed by atoms with van der Waals surface area (Å²) in [7, 11) is 0. The van der Waals surface area contributed by atoms with E-state index in [1.165, 1.54) is 12.7 Å². The standard InChI is InChI=1S/C13H13F3N2O5/c1-6-4-18(12(22)17-10(6)21)11-13(16,3-2-8(14)15)9(20)7(5-19)23-11/h3-4,7,9,11,19-20H,5H2,1H3,(H,17,21,22)/t7-,9-,11-,13-/m1/s1. The van der Waals surface area contributed by atoms with Gasteiger partial charge in [0.15, 0.2) is 6.23 Å². The van der Waals surface area contributed by atoms with Crippen molar-refractivity contribution in [1.82, 2.24) is 9.55 Å². The predicted molar refractivity (Wildman–Crippen MR) is 70.7 cm³/mol. The van der Waals surface area contributed by atoms with Gasteiger partial charge in [-0.1, -0.05) is 5.73 Å². The van der Waals surface area contributed by atoms with E-state index < -0.39 is 48.0 Å². The fourth-order valence-electron chi connectivity index (χ4n) is 2.28. The Hall–Kier alpha value is -2.13. The summed E-state index contributed by atoms with van der Waals surface area (Å²) in [6.45, 7) is 0.524. The number of aryl methyl sites for hydroxylation is 1. The summed E-state index contributed by atoms with van der Waals surface area (Å²) in [5, 5.41) is 19.0. The van der Waals surface area contributed by atoms with Gasteiger partial charge in [0.05, 0.1) is 6.61 Å². The fourth-order valence-corrected chi connectivity index (χ4v) is 2.28. The van der Waals surface area contributed by atoms with Crippen molar-refractivity contribution in [3.8, 4) is 0 Å². The molecule has 2 rings (SSSR count). The van der Waals surface area contributed by atoms with Crippen molar-refractivity contribution in [1.29, 1.82) is 0 Å². The number of aliphatic hydroxyl groups excluding tert-OH is 2. The molecule has 0 aromatic carbocycles. The van der Waals surface area contributed by atoms with Crippen LogP contribution in [0.5, 0.6) is 0 Å². The molecule has 0 radical (unpaired) electrons. The Morgan fingerprint density at radius 2 is 2.22 bits per heavy atom. The largest absolute Gasteiger partial charge is 0.394 e. The van der Waals surface area contributed by atoms with Crippen molar-refractivity contribution >= 4 is 0 Å². The Bertz CT molecular complexity index is 779. The number of nitrogens with zero attached hydrogens (tertiary/aromatic N) is 1. The van der Waals surface area contributed by atoms with Crippen molar-refractivity contribution in [2.45, 2.75) is 31.0 Å². The lowest BCUT2D eigenvalue weighted by atomic mass is 9.96. The molecular formula is C13H13F3N2O5. The van der Waals surface area contributed by atoms with Crippen molar-refractivity contribution in [3.63, 3.8) is 0 Å². The van der Waals surface area contributed by atoms with Gasteiger partial charge in [-0.3, -0.25) is 14.3 Å². The normalized spacial score (nSPS) is 30.1. The zero-order valence-electron chi connectivity index (χ0n) is 11.8. The summed E-state index contributed by atoms with van der Waals surface area (Å²) >= 11 is 0. The molecule has 1 fully saturated rings. The van der Waals surface area contributed by atoms with E-state index in [0.717, 1.165) is 6.20 Å². The van der Waals surface area contributed by atoms with E-state index in [-0.39, 0.29) is 11.6 Å². The third kappa shape index (κ3) is 3.02. The molecule has 10 heteroatoms. The first-order valence-electron chi connectivity index (χ1n) is 6.45. The van der Waals surface area contributed by atoms with Crippen LogP contribution in [0.1, 0.15) is 11.8 Å². The maximum absolute atomic E-state index is 15.1. The van der Waals surface area contributed by atoms with E-state index in [0.29, 0.717) is 4.57 Å². The van der Waals surface area contributed by atoms with Crippen molar-refractivity contribution in [2.75, 3.05) is 6.61 Å². The molecule has 0 unspecified atom stereocenters. The van der Waals surface area contributed by atoms with Crippen LogP contribution in [-0.2, 0) is 4.74 Å². The van der Waals surface area contributed by atoms with Gasteiger partial charge in [0.1, 0.15) is 12.2 Å². The molecular weight excluding hydrogens is 321 g/mol. The van der Waals surface area contributed by atoms with E-state index in [2.05, 4.69) is 0 Å². The Morgan fingerprint density at radius 1 is 1.57 bits per heavy atom. The molecule has 1 aliphatic heterocycles. The average Bonchev–Trinajstić information content (AvgIpc) is 2.73. The van der Waals surface area contributed by atoms with Gasteiger partial charge in [-0.25, -0.2) is 9.18 Å². The molecule has 2 heterocycles. The monoisotopic (exact) mass is 334 g/mol. The maximum Gasteiger partial charge on any atom is 0.330 e. The first-order chi connectivity index (χ1) is 10.7. The van der Waals surface area contributed by atoms with Crippen molar-refractivity contribution in [3.05, 3.63) is 50.5 Å². The number of aromatic amines is 1. The van der Waals surface area contributed by atoms with Crippen LogP contribution in [0.4, 0.5) is 13.2 Å². The first kappa shape index (κ1) is 17.2. The molecule has 126 valence electrons. The molecule has 0 spiro atoms. The SMILES string of the molecule is Cc1cn([C@@H]2O[C@H](CO)[C@@H](O)[C@]2(F)C=C=C(F)F)c(=O)[nH]c1=O. The Kier molecular flexibility index (Phi) is 4.62. The number of ether oxygens (including phenoxy) is 1. The number of aromatic nitrogens is 2. The molecule has 23 heavy (non-hydrogen) atoms.